The van der Waals surface area contributed by atoms with Crippen molar-refractivity contribution >= 4 is 5.70 Å². The van der Waals surface area contributed by atoms with Gasteiger partial charge in [0.25, 0.3) is 0 Å². The fraction of sp³-hybridized carbons (Fsp3) is 0.500. The molecule has 0 saturated heterocycles. The summed E-state index contributed by atoms with van der Waals surface area (Å²) in [6.07, 6.45) is 4.05. The summed E-state index contributed by atoms with van der Waals surface area (Å²) >= 11 is 0. The summed E-state index contributed by atoms with van der Waals surface area (Å²) in [5.74, 6) is 0. The molecule has 1 N–H and O–H groups in total. The first kappa shape index (κ1) is 9.27. The van der Waals surface area contributed by atoms with E-state index in [1.807, 2.05) is 24.0 Å². The van der Waals surface area contributed by atoms with Crippen molar-refractivity contribution in [3.8, 4) is 0 Å². The minimum Gasteiger partial charge on any atom is -0.372 e. The molecule has 1 aliphatic rings. The van der Waals surface area contributed by atoms with Crippen LogP contribution in [0.4, 0.5) is 0 Å². The number of rotatable bonds is 1. The van der Waals surface area contributed by atoms with Crippen molar-refractivity contribution in [3.05, 3.63) is 24.0 Å². The van der Waals surface area contributed by atoms with Crippen LogP contribution in [0, 0.1) is 0 Å². The highest BCUT2D eigenvalue weighted by Gasteiger charge is 2.12. The summed E-state index contributed by atoms with van der Waals surface area (Å²) in [4.78, 5) is 2.26. The van der Waals surface area contributed by atoms with Gasteiger partial charge in [0.15, 0.2) is 0 Å². The molecule has 0 fully saturated rings. The van der Waals surface area contributed by atoms with E-state index in [1.165, 1.54) is 11.4 Å². The van der Waals surface area contributed by atoms with Crippen LogP contribution >= 0.6 is 0 Å². The zero-order valence-electron chi connectivity index (χ0n) is 8.70. The predicted octanol–water partition coefficient (Wildman–Crippen LogP) is 0.296. The van der Waals surface area contributed by atoms with Crippen molar-refractivity contribution in [2.24, 2.45) is 7.05 Å². The van der Waals surface area contributed by atoms with Gasteiger partial charge in [0, 0.05) is 39.9 Å². The SMILES string of the molecule is CN1CCNCC=C1c1ccnn1C. The number of aryl methyl sites for hydroxylation is 1. The number of nitrogens with zero attached hydrogens (tertiary/aromatic N) is 3. The van der Waals surface area contributed by atoms with Gasteiger partial charge in [-0.2, -0.15) is 5.10 Å². The van der Waals surface area contributed by atoms with E-state index in [1.54, 1.807) is 0 Å². The first-order valence-corrected chi connectivity index (χ1v) is 4.89. The second-order valence-electron chi connectivity index (χ2n) is 3.56. The van der Waals surface area contributed by atoms with Gasteiger partial charge in [-0.1, -0.05) is 0 Å². The molecule has 14 heavy (non-hydrogen) atoms. The second-order valence-corrected chi connectivity index (χ2v) is 3.56. The predicted molar refractivity (Wildman–Crippen MR) is 56.7 cm³/mol. The van der Waals surface area contributed by atoms with E-state index in [4.69, 9.17) is 0 Å². The van der Waals surface area contributed by atoms with Gasteiger partial charge < -0.3 is 10.2 Å². The Morgan fingerprint density at radius 2 is 2.29 bits per heavy atom. The molecular weight excluding hydrogens is 176 g/mol. The Kier molecular flexibility index (Phi) is 2.54. The number of nitrogens with one attached hydrogen (secondary N) is 1. The lowest BCUT2D eigenvalue weighted by Crippen LogP contribution is -2.24. The van der Waals surface area contributed by atoms with Gasteiger partial charge in [-0.15, -0.1) is 0 Å². The molecule has 2 heterocycles. The summed E-state index contributed by atoms with van der Waals surface area (Å²) in [6.45, 7) is 3.01. The highest BCUT2D eigenvalue weighted by atomic mass is 15.3. The lowest BCUT2D eigenvalue weighted by Gasteiger charge is -2.20. The molecule has 0 aliphatic carbocycles. The molecule has 0 saturated carbocycles. The summed E-state index contributed by atoms with van der Waals surface area (Å²) in [7, 11) is 4.09. The Morgan fingerprint density at radius 3 is 3.00 bits per heavy atom. The molecule has 1 aromatic rings. The fourth-order valence-electron chi connectivity index (χ4n) is 1.72. The van der Waals surface area contributed by atoms with Crippen LogP contribution in [0.1, 0.15) is 5.69 Å². The third-order valence-corrected chi connectivity index (χ3v) is 2.56. The van der Waals surface area contributed by atoms with E-state index < -0.39 is 0 Å². The normalized spacial score (nSPS) is 17.9. The van der Waals surface area contributed by atoms with E-state index in [9.17, 15) is 0 Å². The first-order chi connectivity index (χ1) is 6.79. The maximum Gasteiger partial charge on any atom is 0.0837 e. The van der Waals surface area contributed by atoms with Crippen molar-refractivity contribution in [1.29, 1.82) is 0 Å². The molecule has 0 bridgehead atoms. The van der Waals surface area contributed by atoms with E-state index >= 15 is 0 Å². The molecule has 1 aromatic heterocycles. The smallest absolute Gasteiger partial charge is 0.0837 e. The minimum atomic E-state index is 0.935. The molecule has 0 radical (unpaired) electrons. The topological polar surface area (TPSA) is 33.1 Å². The fourth-order valence-corrected chi connectivity index (χ4v) is 1.72. The van der Waals surface area contributed by atoms with Gasteiger partial charge in [0.05, 0.1) is 11.4 Å². The summed E-state index contributed by atoms with van der Waals surface area (Å²) in [5, 5.41) is 7.53. The molecule has 0 aromatic carbocycles. The second kappa shape index (κ2) is 3.84. The van der Waals surface area contributed by atoms with Crippen molar-refractivity contribution in [1.82, 2.24) is 20.0 Å². The van der Waals surface area contributed by atoms with Gasteiger partial charge in [-0.25, -0.2) is 0 Å². The largest absolute Gasteiger partial charge is 0.372 e. The molecular formula is C10H16N4. The lowest BCUT2D eigenvalue weighted by molar-refractivity contribution is 0.475. The highest BCUT2D eigenvalue weighted by Crippen LogP contribution is 2.16. The zero-order chi connectivity index (χ0) is 9.97. The first-order valence-electron chi connectivity index (χ1n) is 4.89. The van der Waals surface area contributed by atoms with Crippen LogP contribution in [0.2, 0.25) is 0 Å². The maximum atomic E-state index is 4.19. The molecule has 4 heteroatoms. The Balaban J connectivity index is 2.31. The van der Waals surface area contributed by atoms with Gasteiger partial charge in [-0.3, -0.25) is 4.68 Å². The van der Waals surface area contributed by atoms with Gasteiger partial charge in [0.2, 0.25) is 0 Å². The van der Waals surface area contributed by atoms with E-state index in [-0.39, 0.29) is 0 Å². The van der Waals surface area contributed by atoms with Crippen LogP contribution < -0.4 is 5.32 Å². The monoisotopic (exact) mass is 192 g/mol. The van der Waals surface area contributed by atoms with Crippen LogP contribution in [0.3, 0.4) is 0 Å². The van der Waals surface area contributed by atoms with Gasteiger partial charge in [-0.05, 0) is 12.1 Å². The van der Waals surface area contributed by atoms with Gasteiger partial charge >= 0.3 is 0 Å². The van der Waals surface area contributed by atoms with E-state index in [2.05, 4.69) is 28.4 Å². The molecule has 0 atom stereocenters. The number of hydrogen-bond acceptors (Lipinski definition) is 3. The molecule has 0 spiro atoms. The summed E-state index contributed by atoms with van der Waals surface area (Å²) < 4.78 is 1.91. The lowest BCUT2D eigenvalue weighted by atomic mass is 10.2. The van der Waals surface area contributed by atoms with Crippen LogP contribution in [-0.2, 0) is 7.05 Å². The highest BCUT2D eigenvalue weighted by molar-refractivity contribution is 5.61. The number of aromatic nitrogens is 2. The third kappa shape index (κ3) is 1.65. The van der Waals surface area contributed by atoms with Crippen LogP contribution in [0.25, 0.3) is 5.70 Å². The maximum absolute atomic E-state index is 4.19. The Hall–Kier alpha value is -1.29. The molecule has 76 valence electrons. The van der Waals surface area contributed by atoms with Crippen LogP contribution in [0.5, 0.6) is 0 Å². The van der Waals surface area contributed by atoms with Crippen molar-refractivity contribution in [2.75, 3.05) is 26.7 Å². The van der Waals surface area contributed by atoms with Crippen molar-refractivity contribution < 1.29 is 0 Å². The van der Waals surface area contributed by atoms with Gasteiger partial charge in [0.1, 0.15) is 0 Å². The summed E-state index contributed by atoms with van der Waals surface area (Å²) in [5.41, 5.74) is 2.44. The Morgan fingerprint density at radius 1 is 1.43 bits per heavy atom. The Labute approximate surface area is 84.2 Å². The Bertz CT molecular complexity index is 340. The standard InChI is InChI=1S/C10H16N4/c1-13-8-7-11-5-3-9(13)10-4-6-12-14(10)2/h3-4,6,11H,5,7-8H2,1-2H3. The quantitative estimate of drug-likeness (QED) is 0.694. The molecule has 4 nitrogen and oxygen atoms in total. The molecule has 1 aliphatic heterocycles. The number of likely N-dealkylation sites (N-methyl/N-ethyl adjacent to an activating group) is 1. The minimum absolute atomic E-state index is 0.935. The molecule has 0 amide bonds. The average molecular weight is 192 g/mol. The summed E-state index contributed by atoms with van der Waals surface area (Å²) in [6, 6.07) is 2.05. The van der Waals surface area contributed by atoms with Crippen LogP contribution in [-0.4, -0.2) is 41.4 Å². The zero-order valence-corrected chi connectivity index (χ0v) is 8.70. The number of hydrogen-bond donors (Lipinski definition) is 1. The molecule has 0 unspecified atom stereocenters. The third-order valence-electron chi connectivity index (χ3n) is 2.56. The average Bonchev–Trinajstić information content (AvgIpc) is 2.46. The van der Waals surface area contributed by atoms with E-state index in [0.717, 1.165) is 19.6 Å². The van der Waals surface area contributed by atoms with Crippen molar-refractivity contribution in [2.45, 2.75) is 0 Å². The molecule has 2 rings (SSSR count). The van der Waals surface area contributed by atoms with Crippen LogP contribution in [0.15, 0.2) is 18.3 Å². The van der Waals surface area contributed by atoms with E-state index in [0.29, 0.717) is 0 Å². The van der Waals surface area contributed by atoms with Crippen molar-refractivity contribution in [3.63, 3.8) is 0 Å².